The number of hydrogen-bond acceptors (Lipinski definition) is 5. The average molecular weight is 652 g/mol. The number of nitrogens with one attached hydrogen (secondary N) is 1. The van der Waals surface area contributed by atoms with E-state index in [0.717, 1.165) is 42.3 Å². The average Bonchev–Trinajstić information content (AvgIpc) is 3.25. The van der Waals surface area contributed by atoms with Crippen LogP contribution >= 0.6 is 43.6 Å². The first-order chi connectivity index (χ1) is 18.3. The van der Waals surface area contributed by atoms with Crippen molar-refractivity contribution in [3.05, 3.63) is 103 Å². The zero-order chi connectivity index (χ0) is 26.8. The third-order valence-electron chi connectivity index (χ3n) is 6.14. The minimum atomic E-state index is -0.193. The molecule has 1 fully saturated rings. The molecule has 1 amide bonds. The van der Waals surface area contributed by atoms with E-state index < -0.39 is 0 Å². The molecule has 38 heavy (non-hydrogen) atoms. The first-order valence-corrected chi connectivity index (χ1v) is 14.3. The van der Waals surface area contributed by atoms with Gasteiger partial charge in [0.2, 0.25) is 0 Å². The van der Waals surface area contributed by atoms with Gasteiger partial charge < -0.3 is 14.8 Å². The van der Waals surface area contributed by atoms with E-state index in [2.05, 4.69) is 66.4 Å². The summed E-state index contributed by atoms with van der Waals surface area (Å²) in [6.07, 6.45) is 1.82. The number of methoxy groups -OCH3 is 1. The first kappa shape index (κ1) is 26.5. The largest absolute Gasteiger partial charge is 0.493 e. The summed E-state index contributed by atoms with van der Waals surface area (Å²) in [7, 11) is 1.61. The molecule has 0 radical (unpaired) electrons. The minimum absolute atomic E-state index is 0.193. The number of carbonyl (C=O) groups excluding carboxylic acids is 1. The van der Waals surface area contributed by atoms with Crippen LogP contribution in [0.5, 0.6) is 11.5 Å². The number of amides is 1. The highest BCUT2D eigenvalue weighted by Gasteiger charge is 2.24. The van der Waals surface area contributed by atoms with Crippen molar-refractivity contribution in [2.24, 2.45) is 4.99 Å². The van der Waals surface area contributed by atoms with E-state index in [0.29, 0.717) is 28.2 Å². The van der Waals surface area contributed by atoms with E-state index in [4.69, 9.17) is 9.47 Å². The van der Waals surface area contributed by atoms with Gasteiger partial charge in [0.25, 0.3) is 5.91 Å². The standard InChI is InChI=1S/C30H24Br2N2O3S/c1-17-11-22(12-18(2)28(17)32)33-30-34-29(35)27(38-30)14-21-13-25(36-3)26(15-24(21)31)37-16-20-9-6-8-19-7-4-5-10-23(19)20/h4-15H,16H2,1-3H3,(H,33,34,35)/b27-14-. The number of aryl methyl sites for hydroxylation is 2. The SMILES string of the molecule is COc1cc(/C=C2\SC(=Nc3cc(C)c(Br)c(C)c3)NC2=O)c(Br)cc1OCc1cccc2ccccc12. The Labute approximate surface area is 242 Å². The third kappa shape index (κ3) is 5.67. The molecule has 192 valence electrons. The first-order valence-electron chi connectivity index (χ1n) is 11.9. The summed E-state index contributed by atoms with van der Waals surface area (Å²) < 4.78 is 13.7. The van der Waals surface area contributed by atoms with Crippen LogP contribution < -0.4 is 14.8 Å². The lowest BCUT2D eigenvalue weighted by Gasteiger charge is -2.14. The molecule has 0 unspecified atom stereocenters. The summed E-state index contributed by atoms with van der Waals surface area (Å²) >= 11 is 8.53. The minimum Gasteiger partial charge on any atom is -0.493 e. The maximum Gasteiger partial charge on any atom is 0.264 e. The lowest BCUT2D eigenvalue weighted by molar-refractivity contribution is -0.115. The molecule has 5 nitrogen and oxygen atoms in total. The Morgan fingerprint density at radius 2 is 1.71 bits per heavy atom. The highest BCUT2D eigenvalue weighted by Crippen LogP contribution is 2.37. The van der Waals surface area contributed by atoms with Gasteiger partial charge in [-0.1, -0.05) is 74.3 Å². The Kier molecular flexibility index (Phi) is 7.93. The van der Waals surface area contributed by atoms with Crippen LogP contribution in [0, 0.1) is 13.8 Å². The number of ether oxygens (including phenoxy) is 2. The third-order valence-corrected chi connectivity index (χ3v) is 8.98. The van der Waals surface area contributed by atoms with Crippen LogP contribution in [0.3, 0.4) is 0 Å². The second-order valence-electron chi connectivity index (χ2n) is 8.83. The van der Waals surface area contributed by atoms with Gasteiger partial charge in [0.05, 0.1) is 17.7 Å². The van der Waals surface area contributed by atoms with E-state index in [1.165, 1.54) is 17.1 Å². The van der Waals surface area contributed by atoms with Crippen LogP contribution in [0.4, 0.5) is 5.69 Å². The molecule has 8 heteroatoms. The Balaban J connectivity index is 1.37. The number of amidine groups is 1. The summed E-state index contributed by atoms with van der Waals surface area (Å²) in [5, 5.41) is 5.73. The molecule has 1 aliphatic rings. The molecule has 0 spiro atoms. The predicted molar refractivity (Wildman–Crippen MR) is 163 cm³/mol. The Morgan fingerprint density at radius 1 is 0.974 bits per heavy atom. The quantitative estimate of drug-likeness (QED) is 0.213. The molecule has 5 rings (SSSR count). The van der Waals surface area contributed by atoms with Crippen LogP contribution in [-0.4, -0.2) is 18.2 Å². The van der Waals surface area contributed by atoms with E-state index >= 15 is 0 Å². The van der Waals surface area contributed by atoms with Crippen molar-refractivity contribution < 1.29 is 14.3 Å². The van der Waals surface area contributed by atoms with E-state index in [9.17, 15) is 4.79 Å². The number of hydrogen-bond donors (Lipinski definition) is 1. The Hall–Kier alpha value is -3.07. The topological polar surface area (TPSA) is 59.9 Å². The number of halogens is 2. The van der Waals surface area contributed by atoms with Crippen molar-refractivity contribution >= 4 is 77.2 Å². The molecular weight excluding hydrogens is 628 g/mol. The van der Waals surface area contributed by atoms with Crippen LogP contribution in [0.1, 0.15) is 22.3 Å². The smallest absolute Gasteiger partial charge is 0.264 e. The zero-order valence-electron chi connectivity index (χ0n) is 21.0. The second-order valence-corrected chi connectivity index (χ2v) is 11.5. The van der Waals surface area contributed by atoms with Gasteiger partial charge in [-0.15, -0.1) is 0 Å². The van der Waals surface area contributed by atoms with Crippen LogP contribution in [0.2, 0.25) is 0 Å². The fourth-order valence-corrected chi connectivity index (χ4v) is 5.73. The van der Waals surface area contributed by atoms with Crippen molar-refractivity contribution in [3.8, 4) is 11.5 Å². The van der Waals surface area contributed by atoms with Crippen molar-refractivity contribution in [1.29, 1.82) is 0 Å². The normalized spacial score (nSPS) is 15.3. The predicted octanol–water partition coefficient (Wildman–Crippen LogP) is 8.46. The second kappa shape index (κ2) is 11.4. The Morgan fingerprint density at radius 3 is 2.47 bits per heavy atom. The molecule has 1 heterocycles. The van der Waals surface area contributed by atoms with Crippen molar-refractivity contribution in [3.63, 3.8) is 0 Å². The summed E-state index contributed by atoms with van der Waals surface area (Å²) in [6, 6.07) is 22.1. The summed E-state index contributed by atoms with van der Waals surface area (Å²) in [5.41, 5.74) is 4.87. The van der Waals surface area contributed by atoms with Gasteiger partial charge in [-0.25, -0.2) is 4.99 Å². The van der Waals surface area contributed by atoms with E-state index in [1.54, 1.807) is 7.11 Å². The fourth-order valence-electron chi connectivity index (χ4n) is 4.23. The van der Waals surface area contributed by atoms with Gasteiger partial charge in [-0.2, -0.15) is 0 Å². The molecule has 0 saturated carbocycles. The van der Waals surface area contributed by atoms with Crippen molar-refractivity contribution in [2.45, 2.75) is 20.5 Å². The number of thioether (sulfide) groups is 1. The van der Waals surface area contributed by atoms with Gasteiger partial charge >= 0.3 is 0 Å². The van der Waals surface area contributed by atoms with Gasteiger partial charge in [0.15, 0.2) is 16.7 Å². The maximum absolute atomic E-state index is 12.7. The number of nitrogens with zero attached hydrogens (tertiary/aromatic N) is 1. The number of aliphatic imine (C=N–C) groups is 1. The number of benzene rings is 4. The van der Waals surface area contributed by atoms with Gasteiger partial charge in [0, 0.05) is 8.95 Å². The molecule has 0 aromatic heterocycles. The highest BCUT2D eigenvalue weighted by atomic mass is 79.9. The zero-order valence-corrected chi connectivity index (χ0v) is 25.0. The summed E-state index contributed by atoms with van der Waals surface area (Å²) in [5.74, 6) is 1.00. The maximum atomic E-state index is 12.7. The fraction of sp³-hybridized carbons (Fsp3) is 0.133. The van der Waals surface area contributed by atoms with Gasteiger partial charge in [0.1, 0.15) is 6.61 Å². The lowest BCUT2D eigenvalue weighted by atomic mass is 10.1. The monoisotopic (exact) mass is 650 g/mol. The van der Waals surface area contributed by atoms with E-state index in [-0.39, 0.29) is 5.91 Å². The molecule has 4 aromatic carbocycles. The summed E-state index contributed by atoms with van der Waals surface area (Å²) in [4.78, 5) is 17.9. The molecule has 0 atom stereocenters. The molecule has 1 N–H and O–H groups in total. The molecule has 1 saturated heterocycles. The number of rotatable bonds is 6. The highest BCUT2D eigenvalue weighted by molar-refractivity contribution is 9.10. The molecule has 0 bridgehead atoms. The van der Waals surface area contributed by atoms with Crippen molar-refractivity contribution in [1.82, 2.24) is 5.32 Å². The molecular formula is C30H24Br2N2O3S. The molecule has 4 aromatic rings. The lowest BCUT2D eigenvalue weighted by Crippen LogP contribution is -2.19. The van der Waals surface area contributed by atoms with Crippen LogP contribution in [0.25, 0.3) is 16.8 Å². The molecule has 0 aliphatic carbocycles. The van der Waals surface area contributed by atoms with E-state index in [1.807, 2.05) is 62.4 Å². The van der Waals surface area contributed by atoms with Crippen LogP contribution in [-0.2, 0) is 11.4 Å². The van der Waals surface area contributed by atoms with Gasteiger partial charge in [-0.3, -0.25) is 4.79 Å². The number of carbonyl (C=O) groups is 1. The summed E-state index contributed by atoms with van der Waals surface area (Å²) in [6.45, 7) is 4.44. The van der Waals surface area contributed by atoms with Crippen LogP contribution in [0.15, 0.2) is 85.6 Å². The molecule has 1 aliphatic heterocycles. The van der Waals surface area contributed by atoms with Gasteiger partial charge in [-0.05, 0) is 89.0 Å². The Bertz CT molecular complexity index is 1600. The number of fused-ring (bicyclic) bond motifs is 1. The van der Waals surface area contributed by atoms with Crippen molar-refractivity contribution in [2.75, 3.05) is 7.11 Å².